The van der Waals surface area contributed by atoms with Crippen LogP contribution in [0.2, 0.25) is 0 Å². The first-order valence-electron chi connectivity index (χ1n) is 24.7. The van der Waals surface area contributed by atoms with E-state index in [9.17, 15) is 19.8 Å². The van der Waals surface area contributed by atoms with Crippen molar-refractivity contribution in [1.29, 1.82) is 0 Å². The van der Waals surface area contributed by atoms with Crippen LogP contribution in [-0.4, -0.2) is 46.9 Å². The monoisotopic (exact) mass is 846 g/mol. The molecule has 1 amide bonds. The van der Waals surface area contributed by atoms with Crippen molar-refractivity contribution < 1.29 is 24.5 Å². The number of rotatable bonds is 42. The van der Waals surface area contributed by atoms with Crippen molar-refractivity contribution in [1.82, 2.24) is 5.32 Å². The highest BCUT2D eigenvalue weighted by Gasteiger charge is 2.23. The molecule has 0 saturated heterocycles. The Labute approximate surface area is 375 Å². The molecule has 346 valence electrons. The Hall–Kier alpha value is -3.48. The molecule has 0 spiro atoms. The molecule has 0 radical (unpaired) electrons. The minimum absolute atomic E-state index is 0.0466. The van der Waals surface area contributed by atoms with Gasteiger partial charge in [-0.2, -0.15) is 0 Å². The third kappa shape index (κ3) is 43.0. The largest absolute Gasteiger partial charge is 0.461 e. The third-order valence-corrected chi connectivity index (χ3v) is 10.5. The van der Waals surface area contributed by atoms with E-state index < -0.39 is 18.2 Å². The minimum Gasteiger partial charge on any atom is -0.461 e. The van der Waals surface area contributed by atoms with Gasteiger partial charge >= 0.3 is 5.97 Å². The zero-order valence-corrected chi connectivity index (χ0v) is 39.2. The molecule has 0 saturated carbocycles. The summed E-state index contributed by atoms with van der Waals surface area (Å²) in [6, 6.07) is -0.756. The fraction of sp³-hybridized carbons (Fsp3) is 0.636. The molecule has 0 aliphatic rings. The lowest BCUT2D eigenvalue weighted by Gasteiger charge is -2.24. The van der Waals surface area contributed by atoms with Crippen LogP contribution in [0.3, 0.4) is 0 Å². The van der Waals surface area contributed by atoms with Gasteiger partial charge in [0.2, 0.25) is 5.91 Å². The van der Waals surface area contributed by atoms with Crippen LogP contribution >= 0.6 is 0 Å². The number of allylic oxidation sites excluding steroid dienone is 17. The molecule has 0 aliphatic heterocycles. The molecule has 6 heteroatoms. The van der Waals surface area contributed by atoms with Crippen molar-refractivity contribution in [2.45, 2.75) is 219 Å². The van der Waals surface area contributed by atoms with E-state index in [0.29, 0.717) is 19.3 Å². The molecule has 0 rings (SSSR count). The summed E-state index contributed by atoms with van der Waals surface area (Å²) in [5, 5.41) is 23.6. The van der Waals surface area contributed by atoms with Crippen molar-refractivity contribution in [2.75, 3.05) is 6.61 Å². The standard InChI is InChI=1S/C55H91NO5/c1-4-7-10-13-16-19-22-24-26-27-28-30-33-36-39-42-45-48-55(60)61-51(46-43-40-37-34-31-21-18-15-12-9-6-3)49-54(59)56-52(50-57)53(58)47-44-41-38-35-32-29-25-23-20-17-14-11-8-5-2/h9,12,15-16,18-19,21,24,26,28,30-31,34,36-37,39-40,43,51-53,57-58H,4-8,10-11,13-14,17,20,22-23,25,27,29,32-33,35,38,41-42,44-50H2,1-3H3,(H,56,59)/b12-9+,18-15+,19-16-,26-24-,30-28-,31-21-,37-34-,39-36-,43-40+. The highest BCUT2D eigenvalue weighted by molar-refractivity contribution is 5.77. The first-order chi connectivity index (χ1) is 30.0. The molecule has 0 bridgehead atoms. The van der Waals surface area contributed by atoms with Crippen molar-refractivity contribution in [2.24, 2.45) is 0 Å². The van der Waals surface area contributed by atoms with Crippen LogP contribution in [0.1, 0.15) is 201 Å². The Balaban J connectivity index is 4.76. The molecule has 3 N–H and O–H groups in total. The molecule has 0 aromatic carbocycles. The smallest absolute Gasteiger partial charge is 0.306 e. The maximum absolute atomic E-state index is 13.1. The lowest BCUT2D eigenvalue weighted by Crippen LogP contribution is -2.46. The van der Waals surface area contributed by atoms with Gasteiger partial charge in [-0.25, -0.2) is 0 Å². The van der Waals surface area contributed by atoms with Gasteiger partial charge < -0.3 is 20.3 Å². The highest BCUT2D eigenvalue weighted by Crippen LogP contribution is 2.15. The molecule has 0 aliphatic carbocycles. The second-order valence-corrected chi connectivity index (χ2v) is 16.3. The van der Waals surface area contributed by atoms with Crippen molar-refractivity contribution in [3.05, 3.63) is 109 Å². The second kappa shape index (κ2) is 47.6. The molecule has 0 aromatic rings. The Morgan fingerprint density at radius 2 is 0.967 bits per heavy atom. The van der Waals surface area contributed by atoms with E-state index >= 15 is 0 Å². The van der Waals surface area contributed by atoms with Gasteiger partial charge in [-0.05, 0) is 57.8 Å². The maximum Gasteiger partial charge on any atom is 0.306 e. The van der Waals surface area contributed by atoms with Crippen LogP contribution in [-0.2, 0) is 14.3 Å². The number of hydrogen-bond donors (Lipinski definition) is 3. The fourth-order valence-corrected chi connectivity index (χ4v) is 6.74. The summed E-state index contributed by atoms with van der Waals surface area (Å²) < 4.78 is 5.80. The average molecular weight is 846 g/mol. The number of hydrogen-bond acceptors (Lipinski definition) is 5. The molecule has 0 aromatic heterocycles. The van der Waals surface area contributed by atoms with E-state index in [-0.39, 0.29) is 31.3 Å². The number of carbonyl (C=O) groups is 2. The number of nitrogens with one attached hydrogen (secondary N) is 1. The van der Waals surface area contributed by atoms with E-state index in [1.807, 2.05) is 54.7 Å². The summed E-state index contributed by atoms with van der Waals surface area (Å²) in [6.07, 6.45) is 64.6. The van der Waals surface area contributed by atoms with Gasteiger partial charge in [0.15, 0.2) is 0 Å². The molecular weight excluding hydrogens is 755 g/mol. The summed E-state index contributed by atoms with van der Waals surface area (Å²) in [5.41, 5.74) is 0. The predicted molar refractivity (Wildman–Crippen MR) is 263 cm³/mol. The van der Waals surface area contributed by atoms with Gasteiger partial charge in [0, 0.05) is 12.8 Å². The zero-order valence-electron chi connectivity index (χ0n) is 39.2. The summed E-state index contributed by atoms with van der Waals surface area (Å²) in [7, 11) is 0. The minimum atomic E-state index is -0.833. The molecule has 6 nitrogen and oxygen atoms in total. The van der Waals surface area contributed by atoms with Crippen LogP contribution in [0.5, 0.6) is 0 Å². The van der Waals surface area contributed by atoms with Gasteiger partial charge in [0.1, 0.15) is 6.10 Å². The number of esters is 1. The van der Waals surface area contributed by atoms with Crippen LogP contribution in [0.4, 0.5) is 0 Å². The van der Waals surface area contributed by atoms with E-state index in [2.05, 4.69) is 80.8 Å². The Kier molecular flexibility index (Phi) is 44.9. The lowest BCUT2D eigenvalue weighted by molar-refractivity contribution is -0.150. The fourth-order valence-electron chi connectivity index (χ4n) is 6.74. The molecule has 0 fully saturated rings. The molecule has 0 heterocycles. The summed E-state index contributed by atoms with van der Waals surface area (Å²) >= 11 is 0. The molecule has 3 atom stereocenters. The number of aliphatic hydroxyl groups excluding tert-OH is 2. The van der Waals surface area contributed by atoms with Gasteiger partial charge in [-0.3, -0.25) is 9.59 Å². The lowest BCUT2D eigenvalue weighted by atomic mass is 10.0. The normalized spacial score (nSPS) is 14.2. The first kappa shape index (κ1) is 57.5. The predicted octanol–water partition coefficient (Wildman–Crippen LogP) is 14.7. The van der Waals surface area contributed by atoms with E-state index in [1.54, 1.807) is 0 Å². The third-order valence-electron chi connectivity index (χ3n) is 10.5. The van der Waals surface area contributed by atoms with Gasteiger partial charge in [0.05, 0.1) is 25.2 Å². The Bertz CT molecular complexity index is 1270. The quantitative estimate of drug-likeness (QED) is 0.0246. The summed E-state index contributed by atoms with van der Waals surface area (Å²) in [5.74, 6) is -0.685. The molecular formula is C55H91NO5. The van der Waals surface area contributed by atoms with Gasteiger partial charge in [-0.1, -0.05) is 233 Å². The Morgan fingerprint density at radius 1 is 0.525 bits per heavy atom. The van der Waals surface area contributed by atoms with E-state index in [0.717, 1.165) is 51.4 Å². The van der Waals surface area contributed by atoms with Crippen LogP contribution in [0.25, 0.3) is 0 Å². The molecule has 3 unspecified atom stereocenters. The molecule has 61 heavy (non-hydrogen) atoms. The average Bonchev–Trinajstić information content (AvgIpc) is 3.25. The number of amides is 1. The maximum atomic E-state index is 13.1. The second-order valence-electron chi connectivity index (χ2n) is 16.3. The van der Waals surface area contributed by atoms with Gasteiger partial charge in [0.25, 0.3) is 0 Å². The van der Waals surface area contributed by atoms with E-state index in [4.69, 9.17) is 4.74 Å². The summed E-state index contributed by atoms with van der Waals surface area (Å²) in [6.45, 7) is 6.24. The zero-order chi connectivity index (χ0) is 44.5. The summed E-state index contributed by atoms with van der Waals surface area (Å²) in [4.78, 5) is 26.0. The number of ether oxygens (including phenoxy) is 1. The SMILES string of the molecule is CC/C=C/C=C/C=C\C=C/C=C/CC(CC(=O)NC(CO)C(O)CCCCCCCCCCCCCCCC)OC(=O)CCC/C=C\C/C=C\C/C=C\C/C=C\CCCCC. The van der Waals surface area contributed by atoms with Crippen molar-refractivity contribution >= 4 is 11.9 Å². The number of carbonyl (C=O) groups excluding carboxylic acids is 2. The Morgan fingerprint density at radius 3 is 1.48 bits per heavy atom. The van der Waals surface area contributed by atoms with Crippen LogP contribution < -0.4 is 5.32 Å². The first-order valence-corrected chi connectivity index (χ1v) is 24.7. The van der Waals surface area contributed by atoms with Crippen LogP contribution in [0, 0.1) is 0 Å². The van der Waals surface area contributed by atoms with Crippen LogP contribution in [0.15, 0.2) is 109 Å². The topological polar surface area (TPSA) is 95.9 Å². The van der Waals surface area contributed by atoms with Crippen molar-refractivity contribution in [3.63, 3.8) is 0 Å². The van der Waals surface area contributed by atoms with Crippen molar-refractivity contribution in [3.8, 4) is 0 Å². The highest BCUT2D eigenvalue weighted by atomic mass is 16.5. The number of aliphatic hydroxyl groups is 2. The number of unbranched alkanes of at least 4 members (excludes halogenated alkanes) is 17. The van der Waals surface area contributed by atoms with E-state index in [1.165, 1.54) is 96.3 Å². The van der Waals surface area contributed by atoms with Gasteiger partial charge in [-0.15, -0.1) is 0 Å².